The maximum atomic E-state index is 5.82. The molecule has 0 saturated heterocycles. The first-order valence-electron chi connectivity index (χ1n) is 8.26. The smallest absolute Gasteiger partial charge is 0.231 e. The van der Waals surface area contributed by atoms with Crippen LogP contribution in [0, 0.1) is 0 Å². The van der Waals surface area contributed by atoms with Crippen LogP contribution in [0.5, 0.6) is 23.0 Å². The lowest BCUT2D eigenvalue weighted by Gasteiger charge is -2.14. The van der Waals surface area contributed by atoms with E-state index in [1.807, 2.05) is 49.5 Å². The van der Waals surface area contributed by atoms with Crippen LogP contribution in [0.4, 0.5) is 0 Å². The van der Waals surface area contributed by atoms with E-state index in [1.165, 1.54) is 0 Å². The number of nitrogens with zero attached hydrogens (tertiary/aromatic N) is 1. The van der Waals surface area contributed by atoms with E-state index in [9.17, 15) is 0 Å². The zero-order valence-electron chi connectivity index (χ0n) is 14.2. The van der Waals surface area contributed by atoms with Gasteiger partial charge in [0.25, 0.3) is 0 Å². The highest BCUT2D eigenvalue weighted by atomic mass is 16.7. The van der Waals surface area contributed by atoms with Crippen LogP contribution >= 0.6 is 0 Å². The number of rotatable bonds is 5. The van der Waals surface area contributed by atoms with Gasteiger partial charge in [-0.1, -0.05) is 12.1 Å². The highest BCUT2D eigenvalue weighted by molar-refractivity contribution is 5.88. The van der Waals surface area contributed by atoms with Gasteiger partial charge in [-0.25, -0.2) is 0 Å². The van der Waals surface area contributed by atoms with Gasteiger partial charge in [-0.3, -0.25) is 4.98 Å². The molecule has 2 aromatic carbocycles. The Morgan fingerprint density at radius 2 is 1.96 bits per heavy atom. The van der Waals surface area contributed by atoms with Crippen molar-refractivity contribution >= 4 is 10.8 Å². The predicted molar refractivity (Wildman–Crippen MR) is 94.8 cm³/mol. The third-order valence-electron chi connectivity index (χ3n) is 4.27. The number of pyridine rings is 1. The van der Waals surface area contributed by atoms with Gasteiger partial charge in [0.2, 0.25) is 6.79 Å². The number of ether oxygens (including phenoxy) is 4. The van der Waals surface area contributed by atoms with Crippen molar-refractivity contribution in [3.8, 4) is 23.0 Å². The van der Waals surface area contributed by atoms with Crippen molar-refractivity contribution < 1.29 is 18.9 Å². The summed E-state index contributed by atoms with van der Waals surface area (Å²) in [5.41, 5.74) is 2.00. The molecule has 0 unspecified atom stereocenters. The third kappa shape index (κ3) is 2.82. The summed E-state index contributed by atoms with van der Waals surface area (Å²) in [7, 11) is 1.65. The summed E-state index contributed by atoms with van der Waals surface area (Å²) in [5, 5.41) is 2.13. The summed E-state index contributed by atoms with van der Waals surface area (Å²) in [5.74, 6) is 3.04. The van der Waals surface area contributed by atoms with E-state index in [0.29, 0.717) is 13.0 Å². The fourth-order valence-electron chi connectivity index (χ4n) is 3.11. The molecule has 4 rings (SSSR count). The number of para-hydroxylation sites is 1. The van der Waals surface area contributed by atoms with E-state index in [0.717, 1.165) is 45.0 Å². The third-order valence-corrected chi connectivity index (χ3v) is 4.27. The van der Waals surface area contributed by atoms with Crippen molar-refractivity contribution in [3.05, 3.63) is 53.9 Å². The minimum absolute atomic E-state index is 0.263. The molecular weight excluding hydrogens is 318 g/mol. The van der Waals surface area contributed by atoms with Gasteiger partial charge >= 0.3 is 0 Å². The van der Waals surface area contributed by atoms with Crippen molar-refractivity contribution in [2.75, 3.05) is 20.5 Å². The van der Waals surface area contributed by atoms with Crippen molar-refractivity contribution in [2.45, 2.75) is 13.3 Å². The Labute approximate surface area is 146 Å². The van der Waals surface area contributed by atoms with Crippen molar-refractivity contribution in [2.24, 2.45) is 0 Å². The van der Waals surface area contributed by atoms with Crippen LogP contribution in [0.25, 0.3) is 10.8 Å². The van der Waals surface area contributed by atoms with Crippen molar-refractivity contribution in [1.82, 2.24) is 4.98 Å². The largest absolute Gasteiger partial charge is 0.493 e. The Hall–Kier alpha value is -2.95. The van der Waals surface area contributed by atoms with E-state index in [-0.39, 0.29) is 6.79 Å². The topological polar surface area (TPSA) is 49.8 Å². The Morgan fingerprint density at radius 3 is 2.76 bits per heavy atom. The molecule has 0 bridgehead atoms. The van der Waals surface area contributed by atoms with Crippen LogP contribution in [0.3, 0.4) is 0 Å². The molecule has 1 aliphatic rings. The molecule has 0 amide bonds. The molecule has 1 aliphatic heterocycles. The molecule has 0 N–H and O–H groups in total. The van der Waals surface area contributed by atoms with E-state index >= 15 is 0 Å². The second-order valence-corrected chi connectivity index (χ2v) is 5.74. The van der Waals surface area contributed by atoms with Crippen LogP contribution in [0.1, 0.15) is 18.2 Å². The van der Waals surface area contributed by atoms with E-state index in [1.54, 1.807) is 7.11 Å². The number of methoxy groups -OCH3 is 1. The summed E-state index contributed by atoms with van der Waals surface area (Å²) in [6.07, 6.45) is 2.46. The minimum atomic E-state index is 0.263. The molecule has 0 saturated carbocycles. The summed E-state index contributed by atoms with van der Waals surface area (Å²) in [6.45, 7) is 2.81. The molecule has 25 heavy (non-hydrogen) atoms. The highest BCUT2D eigenvalue weighted by Crippen LogP contribution is 2.38. The number of benzene rings is 2. The average molecular weight is 337 g/mol. The zero-order chi connectivity index (χ0) is 17.2. The molecule has 0 radical (unpaired) electrons. The Morgan fingerprint density at radius 1 is 1.12 bits per heavy atom. The Balaban J connectivity index is 1.79. The van der Waals surface area contributed by atoms with E-state index in [2.05, 4.69) is 4.98 Å². The lowest BCUT2D eigenvalue weighted by atomic mass is 10.0. The fraction of sp³-hybridized carbons (Fsp3) is 0.250. The van der Waals surface area contributed by atoms with E-state index < -0.39 is 0 Å². The number of fused-ring (bicyclic) bond motifs is 2. The van der Waals surface area contributed by atoms with Gasteiger partial charge in [-0.05, 0) is 36.6 Å². The molecule has 5 nitrogen and oxygen atoms in total. The van der Waals surface area contributed by atoms with Crippen LogP contribution in [-0.4, -0.2) is 25.5 Å². The Bertz CT molecular complexity index is 923. The van der Waals surface area contributed by atoms with Gasteiger partial charge < -0.3 is 18.9 Å². The van der Waals surface area contributed by atoms with Gasteiger partial charge in [0, 0.05) is 23.6 Å². The molecule has 2 heterocycles. The van der Waals surface area contributed by atoms with Crippen LogP contribution in [0.2, 0.25) is 0 Å². The first-order valence-corrected chi connectivity index (χ1v) is 8.26. The molecule has 0 fully saturated rings. The molecule has 5 heteroatoms. The van der Waals surface area contributed by atoms with Crippen molar-refractivity contribution in [1.29, 1.82) is 0 Å². The van der Waals surface area contributed by atoms with Gasteiger partial charge in [-0.2, -0.15) is 0 Å². The van der Waals surface area contributed by atoms with Gasteiger partial charge in [-0.15, -0.1) is 0 Å². The van der Waals surface area contributed by atoms with Gasteiger partial charge in [0.05, 0.1) is 19.4 Å². The standard InChI is InChI=1S/C20H19NO4/c1-3-23-20-14(5-4-6-17(20)22-2)9-16-15-11-19-18(24-12-25-19)10-13(15)7-8-21-16/h4-8,10-11H,3,9,12H2,1-2H3. The van der Waals surface area contributed by atoms with Crippen LogP contribution in [-0.2, 0) is 6.42 Å². The fourth-order valence-corrected chi connectivity index (χ4v) is 3.11. The first-order chi connectivity index (χ1) is 12.3. The molecule has 3 aromatic rings. The zero-order valence-corrected chi connectivity index (χ0v) is 14.2. The quantitative estimate of drug-likeness (QED) is 0.705. The van der Waals surface area contributed by atoms with Gasteiger partial charge in [0.15, 0.2) is 23.0 Å². The SMILES string of the molecule is CCOc1c(Cc2nccc3cc4c(cc23)OCO4)cccc1OC. The molecule has 0 aliphatic carbocycles. The van der Waals surface area contributed by atoms with Gasteiger partial charge in [0.1, 0.15) is 0 Å². The van der Waals surface area contributed by atoms with Crippen LogP contribution in [0.15, 0.2) is 42.6 Å². The Kier molecular flexibility index (Phi) is 4.06. The molecular formula is C20H19NO4. The number of aromatic nitrogens is 1. The molecule has 1 aromatic heterocycles. The minimum Gasteiger partial charge on any atom is -0.493 e. The molecule has 0 atom stereocenters. The maximum absolute atomic E-state index is 5.82. The first kappa shape index (κ1) is 15.6. The summed E-state index contributed by atoms with van der Waals surface area (Å²) in [6, 6.07) is 11.9. The van der Waals surface area contributed by atoms with Crippen molar-refractivity contribution in [3.63, 3.8) is 0 Å². The second-order valence-electron chi connectivity index (χ2n) is 5.74. The molecule has 0 spiro atoms. The second kappa shape index (κ2) is 6.51. The normalized spacial score (nSPS) is 12.4. The summed E-state index contributed by atoms with van der Waals surface area (Å²) < 4.78 is 22.2. The van der Waals surface area contributed by atoms with E-state index in [4.69, 9.17) is 18.9 Å². The molecule has 128 valence electrons. The number of hydrogen-bond donors (Lipinski definition) is 0. The lowest BCUT2D eigenvalue weighted by molar-refractivity contribution is 0.174. The van der Waals surface area contributed by atoms with Crippen LogP contribution < -0.4 is 18.9 Å². The number of hydrogen-bond acceptors (Lipinski definition) is 5. The predicted octanol–water partition coefficient (Wildman–Crippen LogP) is 3.96. The lowest BCUT2D eigenvalue weighted by Crippen LogP contribution is -2.01. The highest BCUT2D eigenvalue weighted by Gasteiger charge is 2.17. The average Bonchev–Trinajstić information content (AvgIpc) is 3.09. The maximum Gasteiger partial charge on any atom is 0.231 e. The monoisotopic (exact) mass is 337 g/mol. The summed E-state index contributed by atoms with van der Waals surface area (Å²) >= 11 is 0. The summed E-state index contributed by atoms with van der Waals surface area (Å²) in [4.78, 5) is 4.59.